The number of rotatable bonds is 3. The third kappa shape index (κ3) is 5.23. The van der Waals surface area contributed by atoms with Crippen molar-refractivity contribution in [3.05, 3.63) is 24.3 Å². The summed E-state index contributed by atoms with van der Waals surface area (Å²) in [5, 5.41) is 6.82. The average molecular weight is 258 g/mol. The Balaban J connectivity index is 0.00000225. The fourth-order valence-corrected chi connectivity index (χ4v) is 1.48. The molecule has 0 aliphatic rings. The van der Waals surface area contributed by atoms with Crippen molar-refractivity contribution in [2.75, 3.05) is 12.4 Å². The van der Waals surface area contributed by atoms with E-state index in [1.165, 1.54) is 0 Å². The molecule has 0 aromatic heterocycles. The van der Waals surface area contributed by atoms with Crippen molar-refractivity contribution >= 4 is 36.5 Å². The van der Waals surface area contributed by atoms with E-state index in [9.17, 15) is 0 Å². The third-order valence-electron chi connectivity index (χ3n) is 1.75. The molecule has 90 valence electrons. The lowest BCUT2D eigenvalue weighted by atomic mass is 10.3. The van der Waals surface area contributed by atoms with Crippen LogP contribution in [0.3, 0.4) is 0 Å². The lowest BCUT2D eigenvalue weighted by molar-refractivity contribution is 0.415. The van der Waals surface area contributed by atoms with Gasteiger partial charge in [-0.3, -0.25) is 0 Å². The third-order valence-corrected chi connectivity index (χ3v) is 1.97. The van der Waals surface area contributed by atoms with E-state index in [1.54, 1.807) is 7.11 Å². The van der Waals surface area contributed by atoms with Gasteiger partial charge in [-0.1, -0.05) is 6.07 Å². The summed E-state index contributed by atoms with van der Waals surface area (Å²) in [5.74, 6) is 0.812. The number of hydrogen-bond donors (Lipinski definition) is 2. The number of thiocarbonyl (C=S) groups is 1. The normalized spacial score (nSPS) is 9.25. The molecule has 3 nitrogen and oxygen atoms in total. The highest BCUT2D eigenvalue weighted by Crippen LogP contribution is 2.16. The molecule has 0 saturated carbocycles. The Morgan fingerprint density at radius 2 is 2.06 bits per heavy atom. The van der Waals surface area contributed by atoms with Crippen LogP contribution in [-0.2, 0) is 0 Å². The van der Waals surface area contributed by atoms with Gasteiger partial charge >= 0.3 is 0 Å². The van der Waals surface area contributed by atoms with Crippen molar-refractivity contribution in [3.8, 4) is 5.75 Å². The lowest BCUT2D eigenvalue weighted by Crippen LogP contribution is -2.33. The molecule has 0 heterocycles. The molecule has 0 fully saturated rings. The van der Waals surface area contributed by atoms with Gasteiger partial charge in [0.15, 0.2) is 5.11 Å². The van der Waals surface area contributed by atoms with Crippen LogP contribution in [0, 0.1) is 0 Å². The molecule has 0 bridgehead atoms. The maximum atomic E-state index is 5.13. The quantitative estimate of drug-likeness (QED) is 0.816. The van der Waals surface area contributed by atoms with E-state index in [0.29, 0.717) is 11.2 Å². The Morgan fingerprint density at radius 3 is 2.62 bits per heavy atom. The van der Waals surface area contributed by atoms with E-state index in [0.717, 1.165) is 11.4 Å². The summed E-state index contributed by atoms with van der Waals surface area (Å²) in [7, 11) is 1.64. The summed E-state index contributed by atoms with van der Waals surface area (Å²) in [4.78, 5) is 0. The van der Waals surface area contributed by atoms with Gasteiger partial charge in [0.2, 0.25) is 0 Å². The predicted molar refractivity (Wildman–Crippen MR) is 77.9 cm³/mol. The molecule has 0 atom stereocenters. The zero-order valence-electron chi connectivity index (χ0n) is 9.70. The summed E-state index contributed by atoms with van der Waals surface area (Å²) in [6, 6.07) is 7.98. The fraction of sp³-hybridized carbons (Fsp3) is 0.364. The number of benzene rings is 1. The van der Waals surface area contributed by atoms with Crippen LogP contribution in [0.25, 0.3) is 0 Å². The van der Waals surface area contributed by atoms with Gasteiger partial charge in [-0.15, -0.1) is 0 Å². The highest BCUT2D eigenvalue weighted by molar-refractivity contribution is 7.80. The van der Waals surface area contributed by atoms with Crippen LogP contribution in [0.2, 0.25) is 0 Å². The van der Waals surface area contributed by atoms with Crippen molar-refractivity contribution < 1.29 is 4.74 Å². The molecule has 16 heavy (non-hydrogen) atoms. The van der Waals surface area contributed by atoms with Crippen LogP contribution >= 0.6 is 25.7 Å². The SMILES string of the molecule is COc1cccc(NC(=S)NC(C)C)c1.S. The second kappa shape index (κ2) is 7.35. The number of hydrogen-bond acceptors (Lipinski definition) is 2. The fourth-order valence-electron chi connectivity index (χ4n) is 1.13. The van der Waals surface area contributed by atoms with E-state index in [-0.39, 0.29) is 13.5 Å². The Hall–Kier alpha value is -0.940. The smallest absolute Gasteiger partial charge is 0.170 e. The van der Waals surface area contributed by atoms with Gasteiger partial charge in [0.1, 0.15) is 5.75 Å². The minimum Gasteiger partial charge on any atom is -0.497 e. The van der Waals surface area contributed by atoms with E-state index in [4.69, 9.17) is 17.0 Å². The van der Waals surface area contributed by atoms with Gasteiger partial charge in [0.25, 0.3) is 0 Å². The average Bonchev–Trinajstić information content (AvgIpc) is 2.16. The Labute approximate surface area is 109 Å². The first kappa shape index (κ1) is 15.1. The van der Waals surface area contributed by atoms with Crippen molar-refractivity contribution in [3.63, 3.8) is 0 Å². The van der Waals surface area contributed by atoms with Crippen LogP contribution in [-0.4, -0.2) is 18.3 Å². The summed E-state index contributed by atoms with van der Waals surface area (Å²) in [6.45, 7) is 4.08. The van der Waals surface area contributed by atoms with Crippen LogP contribution in [0.5, 0.6) is 5.75 Å². The van der Waals surface area contributed by atoms with E-state index in [1.807, 2.05) is 38.1 Å². The molecule has 2 N–H and O–H groups in total. The molecule has 1 rings (SSSR count). The zero-order chi connectivity index (χ0) is 11.3. The first-order valence-corrected chi connectivity index (χ1v) is 5.24. The van der Waals surface area contributed by atoms with Crippen molar-refractivity contribution in [2.24, 2.45) is 0 Å². The predicted octanol–water partition coefficient (Wildman–Crippen LogP) is 2.50. The molecular formula is C11H18N2OS2. The second-order valence-electron chi connectivity index (χ2n) is 3.49. The zero-order valence-corrected chi connectivity index (χ0v) is 11.5. The molecule has 1 aromatic rings. The van der Waals surface area contributed by atoms with Gasteiger partial charge in [-0.2, -0.15) is 13.5 Å². The van der Waals surface area contributed by atoms with E-state index in [2.05, 4.69) is 10.6 Å². The summed E-state index contributed by atoms with van der Waals surface area (Å²) < 4.78 is 5.11. The van der Waals surface area contributed by atoms with Crippen LogP contribution in [0.4, 0.5) is 5.69 Å². The van der Waals surface area contributed by atoms with Gasteiger partial charge < -0.3 is 15.4 Å². The minimum absolute atomic E-state index is 0. The maximum Gasteiger partial charge on any atom is 0.170 e. The number of anilines is 1. The Bertz CT molecular complexity index is 343. The molecule has 1 aromatic carbocycles. The van der Waals surface area contributed by atoms with E-state index >= 15 is 0 Å². The lowest BCUT2D eigenvalue weighted by Gasteiger charge is -2.13. The molecule has 0 spiro atoms. The van der Waals surface area contributed by atoms with Gasteiger partial charge in [-0.25, -0.2) is 0 Å². The first-order chi connectivity index (χ1) is 7.11. The molecule has 0 unspecified atom stereocenters. The molecule has 0 aliphatic heterocycles. The van der Waals surface area contributed by atoms with Gasteiger partial charge in [0, 0.05) is 17.8 Å². The minimum atomic E-state index is 0. The van der Waals surface area contributed by atoms with Crippen LogP contribution in [0.1, 0.15) is 13.8 Å². The maximum absolute atomic E-state index is 5.13. The summed E-state index contributed by atoms with van der Waals surface area (Å²) in [5.41, 5.74) is 0.924. The van der Waals surface area contributed by atoms with Crippen molar-refractivity contribution in [1.82, 2.24) is 5.32 Å². The molecule has 0 aliphatic carbocycles. The Morgan fingerprint density at radius 1 is 1.38 bits per heavy atom. The number of methoxy groups -OCH3 is 1. The van der Waals surface area contributed by atoms with Crippen molar-refractivity contribution in [2.45, 2.75) is 19.9 Å². The molecule has 0 saturated heterocycles. The summed E-state index contributed by atoms with van der Waals surface area (Å²) >= 11 is 5.13. The molecule has 5 heteroatoms. The number of nitrogens with one attached hydrogen (secondary N) is 2. The monoisotopic (exact) mass is 258 g/mol. The standard InChI is InChI=1S/C11H16N2OS.H2S/c1-8(2)12-11(15)13-9-5-4-6-10(7-9)14-3;/h4-8H,1-3H3,(H2,12,13,15);1H2. The van der Waals surface area contributed by atoms with Gasteiger partial charge in [0.05, 0.1) is 7.11 Å². The highest BCUT2D eigenvalue weighted by Gasteiger charge is 2.00. The van der Waals surface area contributed by atoms with Crippen LogP contribution < -0.4 is 15.4 Å². The summed E-state index contributed by atoms with van der Waals surface area (Å²) in [6.07, 6.45) is 0. The molecular weight excluding hydrogens is 240 g/mol. The van der Waals surface area contributed by atoms with Crippen molar-refractivity contribution in [1.29, 1.82) is 0 Å². The molecule has 0 radical (unpaired) electrons. The van der Waals surface area contributed by atoms with Gasteiger partial charge in [-0.05, 0) is 38.2 Å². The van der Waals surface area contributed by atoms with Crippen LogP contribution in [0.15, 0.2) is 24.3 Å². The topological polar surface area (TPSA) is 33.3 Å². The second-order valence-corrected chi connectivity index (χ2v) is 3.89. The number of ether oxygens (including phenoxy) is 1. The van der Waals surface area contributed by atoms with E-state index < -0.39 is 0 Å². The Kier molecular flexibility index (Phi) is 6.92. The molecule has 0 amide bonds. The largest absolute Gasteiger partial charge is 0.497 e. The highest BCUT2D eigenvalue weighted by atomic mass is 32.1. The first-order valence-electron chi connectivity index (χ1n) is 4.83.